The molecule has 10 heteroatoms. The average molecular weight is 457 g/mol. The van der Waals surface area contributed by atoms with Gasteiger partial charge in [0.25, 0.3) is 5.91 Å². The van der Waals surface area contributed by atoms with Crippen molar-refractivity contribution in [2.75, 3.05) is 38.7 Å². The lowest BCUT2D eigenvalue weighted by atomic mass is 10.1. The van der Waals surface area contributed by atoms with Crippen LogP contribution in [0.15, 0.2) is 42.6 Å². The normalized spacial score (nSPS) is 14.1. The second-order valence-corrected chi connectivity index (χ2v) is 7.97. The summed E-state index contributed by atoms with van der Waals surface area (Å²) in [6.45, 7) is 4.22. The molecular formula is C24H23N7O3. The molecule has 0 spiro atoms. The first-order valence-corrected chi connectivity index (χ1v) is 10.9. The van der Waals surface area contributed by atoms with Gasteiger partial charge in [0.1, 0.15) is 11.4 Å². The number of ether oxygens (including phenoxy) is 2. The smallest absolute Gasteiger partial charge is 0.259 e. The lowest BCUT2D eigenvalue weighted by Gasteiger charge is -2.26. The fraction of sp³-hybridized carbons (Fsp3) is 0.250. The Kier molecular flexibility index (Phi) is 5.95. The molecule has 4 aromatic rings. The molecule has 3 N–H and O–H groups in total. The van der Waals surface area contributed by atoms with Crippen LogP contribution in [0.2, 0.25) is 0 Å². The summed E-state index contributed by atoms with van der Waals surface area (Å²) >= 11 is 0. The Morgan fingerprint density at radius 2 is 2.12 bits per heavy atom. The van der Waals surface area contributed by atoms with E-state index in [4.69, 9.17) is 9.47 Å². The van der Waals surface area contributed by atoms with Crippen molar-refractivity contribution in [2.24, 2.45) is 0 Å². The molecule has 172 valence electrons. The summed E-state index contributed by atoms with van der Waals surface area (Å²) in [6, 6.07) is 12.9. The molecule has 1 saturated heterocycles. The van der Waals surface area contributed by atoms with Gasteiger partial charge in [0.15, 0.2) is 5.82 Å². The first kappa shape index (κ1) is 21.6. The molecule has 0 bridgehead atoms. The van der Waals surface area contributed by atoms with Crippen LogP contribution in [0.1, 0.15) is 21.5 Å². The fourth-order valence-corrected chi connectivity index (χ4v) is 4.00. The number of rotatable bonds is 6. The number of anilines is 1. The highest BCUT2D eigenvalue weighted by Crippen LogP contribution is 2.28. The Hall–Kier alpha value is -4.20. The highest BCUT2D eigenvalue weighted by Gasteiger charge is 2.19. The van der Waals surface area contributed by atoms with Crippen LogP contribution in [0, 0.1) is 11.3 Å². The van der Waals surface area contributed by atoms with Crippen molar-refractivity contribution in [3.05, 3.63) is 59.3 Å². The average Bonchev–Trinajstić information content (AvgIpc) is 3.50. The summed E-state index contributed by atoms with van der Waals surface area (Å²) in [5.41, 5.74) is 4.53. The van der Waals surface area contributed by atoms with Crippen LogP contribution in [0.25, 0.3) is 22.6 Å². The van der Waals surface area contributed by atoms with Gasteiger partial charge in [-0.3, -0.25) is 14.8 Å². The number of benzene rings is 2. The number of H-pyrrole nitrogens is 2. The van der Waals surface area contributed by atoms with Gasteiger partial charge in [-0.15, -0.1) is 0 Å². The van der Waals surface area contributed by atoms with Gasteiger partial charge in [0.05, 0.1) is 60.4 Å². The number of fused-ring (bicyclic) bond motifs is 1. The van der Waals surface area contributed by atoms with Gasteiger partial charge in [-0.25, -0.2) is 4.98 Å². The number of methoxy groups -OCH3 is 1. The van der Waals surface area contributed by atoms with E-state index in [-0.39, 0.29) is 5.56 Å². The molecule has 1 aliphatic rings. The van der Waals surface area contributed by atoms with Gasteiger partial charge < -0.3 is 19.8 Å². The number of hydrogen-bond donors (Lipinski definition) is 3. The maximum absolute atomic E-state index is 13.0. The largest absolute Gasteiger partial charge is 0.496 e. The Labute approximate surface area is 195 Å². The predicted molar refractivity (Wildman–Crippen MR) is 125 cm³/mol. The second-order valence-electron chi connectivity index (χ2n) is 7.97. The van der Waals surface area contributed by atoms with E-state index < -0.39 is 5.91 Å². The second kappa shape index (κ2) is 9.35. The van der Waals surface area contributed by atoms with E-state index in [0.717, 1.165) is 43.9 Å². The SMILES string of the molecule is COc1ccc(C#N)cc1C(=O)Nc1cn[nH]c1-c1nc2ccc(CN3CCOCC3)cc2[nH]1. The maximum Gasteiger partial charge on any atom is 0.259 e. The van der Waals surface area contributed by atoms with Gasteiger partial charge in [-0.2, -0.15) is 10.4 Å². The zero-order valence-electron chi connectivity index (χ0n) is 18.6. The van der Waals surface area contributed by atoms with Gasteiger partial charge >= 0.3 is 0 Å². The quantitative estimate of drug-likeness (QED) is 0.406. The molecule has 1 amide bonds. The van der Waals surface area contributed by atoms with Crippen molar-refractivity contribution >= 4 is 22.6 Å². The fourth-order valence-electron chi connectivity index (χ4n) is 4.00. The first-order chi connectivity index (χ1) is 16.6. The molecule has 0 saturated carbocycles. The number of morpholine rings is 1. The van der Waals surface area contributed by atoms with Crippen LogP contribution in [-0.2, 0) is 11.3 Å². The van der Waals surface area contributed by atoms with E-state index in [9.17, 15) is 10.1 Å². The number of aromatic nitrogens is 4. The first-order valence-electron chi connectivity index (χ1n) is 10.9. The summed E-state index contributed by atoms with van der Waals surface area (Å²) in [4.78, 5) is 23.3. The van der Waals surface area contributed by atoms with Crippen molar-refractivity contribution in [3.8, 4) is 23.3 Å². The predicted octanol–water partition coefficient (Wildman–Crippen LogP) is 2.92. The van der Waals surface area contributed by atoms with Crippen molar-refractivity contribution in [1.29, 1.82) is 5.26 Å². The highest BCUT2D eigenvalue weighted by molar-refractivity contribution is 6.07. The number of imidazole rings is 1. The number of amides is 1. The lowest BCUT2D eigenvalue weighted by Crippen LogP contribution is -2.35. The minimum Gasteiger partial charge on any atom is -0.496 e. The van der Waals surface area contributed by atoms with Crippen LogP contribution in [0.5, 0.6) is 5.75 Å². The zero-order valence-corrected chi connectivity index (χ0v) is 18.6. The molecule has 0 radical (unpaired) electrons. The Morgan fingerprint density at radius 1 is 1.26 bits per heavy atom. The monoisotopic (exact) mass is 457 g/mol. The van der Waals surface area contributed by atoms with Crippen LogP contribution in [-0.4, -0.2) is 64.4 Å². The van der Waals surface area contributed by atoms with Crippen LogP contribution < -0.4 is 10.1 Å². The third kappa shape index (κ3) is 4.34. The third-order valence-electron chi connectivity index (χ3n) is 5.75. The molecule has 5 rings (SSSR count). The van der Waals surface area contributed by atoms with Crippen LogP contribution >= 0.6 is 0 Å². The van der Waals surface area contributed by atoms with Crippen molar-refractivity contribution < 1.29 is 14.3 Å². The van der Waals surface area contributed by atoms with Gasteiger partial charge in [-0.05, 0) is 35.9 Å². The lowest BCUT2D eigenvalue weighted by molar-refractivity contribution is 0.0342. The number of carbonyl (C=O) groups is 1. The Morgan fingerprint density at radius 3 is 2.91 bits per heavy atom. The van der Waals surface area contributed by atoms with E-state index in [1.54, 1.807) is 12.1 Å². The minimum absolute atomic E-state index is 0.256. The summed E-state index contributed by atoms with van der Waals surface area (Å²) in [7, 11) is 1.48. The standard InChI is InChI=1S/C24H23N7O3/c1-33-21-5-3-15(12-25)10-17(21)24(32)29-20-13-26-30-22(20)23-27-18-4-2-16(11-19(18)28-23)14-31-6-8-34-9-7-31/h2-5,10-11,13H,6-9,14H2,1H3,(H,26,30)(H,27,28)(H,29,32). The molecule has 0 aliphatic carbocycles. The van der Waals surface area contributed by atoms with Crippen LogP contribution in [0.4, 0.5) is 5.69 Å². The van der Waals surface area contributed by atoms with Crippen LogP contribution in [0.3, 0.4) is 0 Å². The summed E-state index contributed by atoms with van der Waals surface area (Å²) in [5, 5.41) is 19.0. The van der Waals surface area contributed by atoms with Gasteiger partial charge in [-0.1, -0.05) is 6.07 Å². The highest BCUT2D eigenvalue weighted by atomic mass is 16.5. The number of aromatic amines is 2. The molecule has 10 nitrogen and oxygen atoms in total. The minimum atomic E-state index is -0.416. The molecule has 2 aromatic carbocycles. The van der Waals surface area contributed by atoms with Crippen molar-refractivity contribution in [1.82, 2.24) is 25.1 Å². The van der Waals surface area contributed by atoms with E-state index in [1.807, 2.05) is 12.1 Å². The molecule has 0 atom stereocenters. The number of hydrogen-bond acceptors (Lipinski definition) is 7. The van der Waals surface area contributed by atoms with E-state index in [1.165, 1.54) is 24.9 Å². The molecule has 34 heavy (non-hydrogen) atoms. The number of nitrogens with one attached hydrogen (secondary N) is 3. The zero-order chi connectivity index (χ0) is 23.5. The summed E-state index contributed by atoms with van der Waals surface area (Å²) in [6.07, 6.45) is 1.52. The molecule has 1 aliphatic heterocycles. The number of nitrogens with zero attached hydrogens (tertiary/aromatic N) is 4. The Balaban J connectivity index is 1.39. The molecular weight excluding hydrogens is 434 g/mol. The summed E-state index contributed by atoms with van der Waals surface area (Å²) in [5.74, 6) is 0.516. The summed E-state index contributed by atoms with van der Waals surface area (Å²) < 4.78 is 10.7. The number of carbonyl (C=O) groups excluding carboxylic acids is 1. The van der Waals surface area contributed by atoms with Gasteiger partial charge in [0.2, 0.25) is 0 Å². The van der Waals surface area contributed by atoms with Crippen molar-refractivity contribution in [2.45, 2.75) is 6.54 Å². The Bertz CT molecular complexity index is 1380. The molecule has 1 fully saturated rings. The molecule has 3 heterocycles. The molecule has 0 unspecified atom stereocenters. The number of nitriles is 1. The van der Waals surface area contributed by atoms with Gasteiger partial charge in [0, 0.05) is 19.6 Å². The molecule has 2 aromatic heterocycles. The maximum atomic E-state index is 13.0. The van der Waals surface area contributed by atoms with E-state index in [2.05, 4.69) is 42.5 Å². The third-order valence-corrected chi connectivity index (χ3v) is 5.75. The topological polar surface area (TPSA) is 132 Å². The van der Waals surface area contributed by atoms with Crippen molar-refractivity contribution in [3.63, 3.8) is 0 Å². The van der Waals surface area contributed by atoms with E-state index in [0.29, 0.717) is 28.5 Å². The van der Waals surface area contributed by atoms with E-state index >= 15 is 0 Å².